The van der Waals surface area contributed by atoms with E-state index < -0.39 is 0 Å². The van der Waals surface area contributed by atoms with Gasteiger partial charge >= 0.3 is 0 Å². The van der Waals surface area contributed by atoms with Crippen molar-refractivity contribution in [2.75, 3.05) is 26.3 Å². The molecule has 0 aliphatic carbocycles. The Morgan fingerprint density at radius 2 is 1.50 bits per heavy atom. The average molecular weight is 463 g/mol. The summed E-state index contributed by atoms with van der Waals surface area (Å²) in [5, 5.41) is 2.98. The number of likely N-dealkylation sites (tertiary alicyclic amines) is 1. The van der Waals surface area contributed by atoms with Crippen molar-refractivity contribution in [2.45, 2.75) is 18.9 Å². The Hall–Kier alpha value is -3.87. The van der Waals surface area contributed by atoms with E-state index in [1.54, 1.807) is 17.0 Å². The summed E-state index contributed by atoms with van der Waals surface area (Å²) in [6, 6.07) is 22.1. The molecule has 1 fully saturated rings. The van der Waals surface area contributed by atoms with E-state index in [1.807, 2.05) is 42.5 Å². The number of piperidine rings is 1. The molecule has 2 amide bonds. The molecule has 176 valence electrons. The van der Waals surface area contributed by atoms with Gasteiger partial charge in [0, 0.05) is 24.7 Å². The van der Waals surface area contributed by atoms with Crippen LogP contribution in [0, 0.1) is 5.82 Å². The molecule has 0 spiro atoms. The molecule has 1 heterocycles. The minimum absolute atomic E-state index is 0.0387. The number of nitrogens with one attached hydrogen (secondary N) is 1. The van der Waals surface area contributed by atoms with E-state index in [0.29, 0.717) is 56.0 Å². The lowest BCUT2D eigenvalue weighted by atomic mass is 10.0. The van der Waals surface area contributed by atoms with Crippen molar-refractivity contribution >= 4 is 11.8 Å². The molecule has 0 radical (unpaired) electrons. The molecule has 1 aliphatic rings. The van der Waals surface area contributed by atoms with E-state index >= 15 is 0 Å². The summed E-state index contributed by atoms with van der Waals surface area (Å²) < 4.78 is 24.6. The molecule has 0 unspecified atom stereocenters. The standard InChI is InChI=1S/C27H27FN2O4/c28-21-12-10-20(11-13-21)26(31)29-22-14-16-30(17-15-22)27(32)24-8-4-5-9-25(24)34-19-18-33-23-6-2-1-3-7-23/h1-13,22H,14-19H2,(H,29,31). The van der Waals surface area contributed by atoms with Crippen molar-refractivity contribution in [3.63, 3.8) is 0 Å². The van der Waals surface area contributed by atoms with Gasteiger partial charge in [-0.15, -0.1) is 0 Å². The number of hydrogen-bond acceptors (Lipinski definition) is 4. The number of rotatable bonds is 8. The Bertz CT molecular complexity index is 1100. The number of halogens is 1. The third-order valence-electron chi connectivity index (χ3n) is 5.69. The van der Waals surface area contributed by atoms with Gasteiger partial charge in [0.2, 0.25) is 0 Å². The fourth-order valence-electron chi connectivity index (χ4n) is 3.86. The highest BCUT2D eigenvalue weighted by molar-refractivity contribution is 5.97. The van der Waals surface area contributed by atoms with Crippen molar-refractivity contribution < 1.29 is 23.5 Å². The Kier molecular flexibility index (Phi) is 7.75. The lowest BCUT2D eigenvalue weighted by molar-refractivity contribution is 0.0693. The molecule has 6 nitrogen and oxygen atoms in total. The van der Waals surface area contributed by atoms with Gasteiger partial charge < -0.3 is 19.7 Å². The van der Waals surface area contributed by atoms with Crippen LogP contribution in [0.15, 0.2) is 78.9 Å². The smallest absolute Gasteiger partial charge is 0.257 e. The number of amides is 2. The molecule has 34 heavy (non-hydrogen) atoms. The van der Waals surface area contributed by atoms with Crippen molar-refractivity contribution in [3.05, 3.63) is 95.8 Å². The SMILES string of the molecule is O=C(NC1CCN(C(=O)c2ccccc2OCCOc2ccccc2)CC1)c1ccc(F)cc1. The fraction of sp³-hybridized carbons (Fsp3) is 0.259. The van der Waals surface area contributed by atoms with Crippen molar-refractivity contribution in [3.8, 4) is 11.5 Å². The second kappa shape index (κ2) is 11.3. The zero-order valence-corrected chi connectivity index (χ0v) is 18.8. The maximum absolute atomic E-state index is 13.1. The summed E-state index contributed by atoms with van der Waals surface area (Å²) in [5.74, 6) is 0.584. The third-order valence-corrected chi connectivity index (χ3v) is 5.69. The second-order valence-electron chi connectivity index (χ2n) is 8.05. The van der Waals surface area contributed by atoms with Crippen molar-refractivity contribution in [1.29, 1.82) is 0 Å². The fourth-order valence-corrected chi connectivity index (χ4v) is 3.86. The van der Waals surface area contributed by atoms with Crippen LogP contribution in [0.2, 0.25) is 0 Å². The topological polar surface area (TPSA) is 67.9 Å². The molecule has 0 atom stereocenters. The van der Waals surface area contributed by atoms with Gasteiger partial charge in [-0.2, -0.15) is 0 Å². The van der Waals surface area contributed by atoms with E-state index in [9.17, 15) is 14.0 Å². The first-order valence-corrected chi connectivity index (χ1v) is 11.4. The number of ether oxygens (including phenoxy) is 2. The van der Waals surface area contributed by atoms with Crippen LogP contribution in [-0.4, -0.2) is 49.1 Å². The second-order valence-corrected chi connectivity index (χ2v) is 8.05. The summed E-state index contributed by atoms with van der Waals surface area (Å²) in [5.41, 5.74) is 0.929. The van der Waals surface area contributed by atoms with Crippen LogP contribution in [0.4, 0.5) is 4.39 Å². The van der Waals surface area contributed by atoms with Crippen LogP contribution in [0.5, 0.6) is 11.5 Å². The maximum atomic E-state index is 13.1. The van der Waals surface area contributed by atoms with Gasteiger partial charge in [-0.05, 0) is 61.4 Å². The number of para-hydroxylation sites is 2. The first-order chi connectivity index (χ1) is 16.6. The van der Waals surface area contributed by atoms with Gasteiger partial charge in [0.25, 0.3) is 11.8 Å². The predicted molar refractivity (Wildman–Crippen MR) is 127 cm³/mol. The van der Waals surface area contributed by atoms with E-state index in [1.165, 1.54) is 24.3 Å². The van der Waals surface area contributed by atoms with Gasteiger partial charge in [0.05, 0.1) is 5.56 Å². The Morgan fingerprint density at radius 3 is 2.24 bits per heavy atom. The lowest BCUT2D eigenvalue weighted by Gasteiger charge is -2.32. The number of benzene rings is 3. The summed E-state index contributed by atoms with van der Waals surface area (Å²) in [4.78, 5) is 27.3. The highest BCUT2D eigenvalue weighted by Crippen LogP contribution is 2.22. The lowest BCUT2D eigenvalue weighted by Crippen LogP contribution is -2.46. The van der Waals surface area contributed by atoms with E-state index in [4.69, 9.17) is 9.47 Å². The van der Waals surface area contributed by atoms with Gasteiger partial charge in [-0.25, -0.2) is 4.39 Å². The number of hydrogen-bond donors (Lipinski definition) is 1. The van der Waals surface area contributed by atoms with Gasteiger partial charge in [0.15, 0.2) is 0 Å². The summed E-state index contributed by atoms with van der Waals surface area (Å²) in [6.07, 6.45) is 1.29. The van der Waals surface area contributed by atoms with Crippen LogP contribution in [0.1, 0.15) is 33.6 Å². The normalized spacial score (nSPS) is 13.9. The highest BCUT2D eigenvalue weighted by atomic mass is 19.1. The molecular formula is C27H27FN2O4. The zero-order valence-electron chi connectivity index (χ0n) is 18.8. The van der Waals surface area contributed by atoms with Crippen molar-refractivity contribution in [2.24, 2.45) is 0 Å². The molecular weight excluding hydrogens is 435 g/mol. The predicted octanol–water partition coefficient (Wildman–Crippen LogP) is 4.32. The molecule has 0 saturated carbocycles. The Labute approximate surface area is 198 Å². The molecule has 3 aromatic rings. The molecule has 1 saturated heterocycles. The Balaban J connectivity index is 1.27. The summed E-state index contributed by atoms with van der Waals surface area (Å²) in [7, 11) is 0. The molecule has 1 aliphatic heterocycles. The molecule has 3 aromatic carbocycles. The average Bonchev–Trinajstić information content (AvgIpc) is 2.88. The molecule has 7 heteroatoms. The third kappa shape index (κ3) is 6.13. The van der Waals surface area contributed by atoms with Crippen LogP contribution in [0.3, 0.4) is 0 Å². The molecule has 1 N–H and O–H groups in total. The van der Waals surface area contributed by atoms with E-state index in [0.717, 1.165) is 5.75 Å². The van der Waals surface area contributed by atoms with Crippen LogP contribution in [0.25, 0.3) is 0 Å². The van der Waals surface area contributed by atoms with E-state index in [-0.39, 0.29) is 23.7 Å². The first-order valence-electron chi connectivity index (χ1n) is 11.4. The maximum Gasteiger partial charge on any atom is 0.257 e. The van der Waals surface area contributed by atoms with Crippen molar-refractivity contribution in [1.82, 2.24) is 10.2 Å². The van der Waals surface area contributed by atoms with Crippen LogP contribution >= 0.6 is 0 Å². The summed E-state index contributed by atoms with van der Waals surface area (Å²) >= 11 is 0. The van der Waals surface area contributed by atoms with Crippen LogP contribution in [-0.2, 0) is 0 Å². The van der Waals surface area contributed by atoms with Crippen LogP contribution < -0.4 is 14.8 Å². The number of carbonyl (C=O) groups excluding carboxylic acids is 2. The molecule has 0 aromatic heterocycles. The minimum Gasteiger partial charge on any atom is -0.490 e. The van der Waals surface area contributed by atoms with Gasteiger partial charge in [-0.3, -0.25) is 9.59 Å². The number of carbonyl (C=O) groups is 2. The quantitative estimate of drug-likeness (QED) is 0.507. The first kappa shape index (κ1) is 23.3. The monoisotopic (exact) mass is 462 g/mol. The van der Waals surface area contributed by atoms with Gasteiger partial charge in [0.1, 0.15) is 30.5 Å². The summed E-state index contributed by atoms with van der Waals surface area (Å²) in [6.45, 7) is 1.74. The highest BCUT2D eigenvalue weighted by Gasteiger charge is 2.26. The van der Waals surface area contributed by atoms with E-state index in [2.05, 4.69) is 5.32 Å². The Morgan fingerprint density at radius 1 is 0.853 bits per heavy atom. The van der Waals surface area contributed by atoms with Gasteiger partial charge in [-0.1, -0.05) is 30.3 Å². The number of nitrogens with zero attached hydrogens (tertiary/aromatic N) is 1. The minimum atomic E-state index is -0.378. The molecule has 0 bridgehead atoms. The zero-order chi connectivity index (χ0) is 23.8. The molecule has 4 rings (SSSR count). The largest absolute Gasteiger partial charge is 0.490 e.